The highest BCUT2D eigenvalue weighted by Gasteiger charge is 2.25. The molecule has 1 aliphatic rings. The SMILES string of the molecule is Cc1cccc(-c2cc(C(=O)N3CCN(Cc4ccc(C(C)(C)C)cc4)CC3)c3cc(Br)ccc3n2)c1. The average molecular weight is 557 g/mol. The zero-order chi connectivity index (χ0) is 26.2. The van der Waals surface area contributed by atoms with Gasteiger partial charge in [-0.2, -0.15) is 0 Å². The Kier molecular flexibility index (Phi) is 7.19. The average Bonchev–Trinajstić information content (AvgIpc) is 2.88. The van der Waals surface area contributed by atoms with E-state index in [4.69, 9.17) is 4.98 Å². The lowest BCUT2D eigenvalue weighted by Crippen LogP contribution is -2.48. The highest BCUT2D eigenvalue weighted by molar-refractivity contribution is 9.10. The van der Waals surface area contributed by atoms with Crippen LogP contribution in [0, 0.1) is 6.92 Å². The lowest BCUT2D eigenvalue weighted by molar-refractivity contribution is 0.0630. The van der Waals surface area contributed by atoms with Crippen molar-refractivity contribution in [2.45, 2.75) is 39.7 Å². The number of aromatic nitrogens is 1. The number of benzene rings is 3. The fourth-order valence-electron chi connectivity index (χ4n) is 4.97. The molecule has 4 aromatic rings. The van der Waals surface area contributed by atoms with Crippen molar-refractivity contribution < 1.29 is 4.79 Å². The fraction of sp³-hybridized carbons (Fsp3) is 0.312. The number of halogens is 1. The third kappa shape index (κ3) is 5.78. The van der Waals surface area contributed by atoms with Crippen LogP contribution in [-0.4, -0.2) is 46.9 Å². The molecular weight excluding hydrogens is 522 g/mol. The molecule has 0 radical (unpaired) electrons. The van der Waals surface area contributed by atoms with Crippen LogP contribution in [0.25, 0.3) is 22.2 Å². The third-order valence-corrected chi connectivity index (χ3v) is 7.69. The Morgan fingerprint density at radius 1 is 0.919 bits per heavy atom. The van der Waals surface area contributed by atoms with Crippen molar-refractivity contribution in [1.29, 1.82) is 0 Å². The Morgan fingerprint density at radius 3 is 2.32 bits per heavy atom. The molecule has 0 N–H and O–H groups in total. The molecule has 1 aliphatic heterocycles. The minimum absolute atomic E-state index is 0.0774. The molecule has 0 atom stereocenters. The van der Waals surface area contributed by atoms with Crippen LogP contribution in [0.5, 0.6) is 0 Å². The molecule has 0 spiro atoms. The minimum atomic E-state index is 0.0774. The maximum absolute atomic E-state index is 13.8. The fourth-order valence-corrected chi connectivity index (χ4v) is 5.34. The van der Waals surface area contributed by atoms with Gasteiger partial charge in [-0.05, 0) is 53.8 Å². The Morgan fingerprint density at radius 2 is 1.65 bits per heavy atom. The van der Waals surface area contributed by atoms with E-state index < -0.39 is 0 Å². The second-order valence-corrected chi connectivity index (χ2v) is 12.0. The molecule has 0 bridgehead atoms. The van der Waals surface area contributed by atoms with Gasteiger partial charge >= 0.3 is 0 Å². The molecule has 0 aliphatic carbocycles. The molecule has 5 rings (SSSR count). The summed E-state index contributed by atoms with van der Waals surface area (Å²) in [7, 11) is 0. The van der Waals surface area contributed by atoms with Gasteiger partial charge in [0.1, 0.15) is 0 Å². The maximum Gasteiger partial charge on any atom is 0.254 e. The van der Waals surface area contributed by atoms with E-state index in [1.54, 1.807) is 0 Å². The number of pyridine rings is 1. The zero-order valence-electron chi connectivity index (χ0n) is 22.1. The van der Waals surface area contributed by atoms with Crippen molar-refractivity contribution in [2.75, 3.05) is 26.2 Å². The number of fused-ring (bicyclic) bond motifs is 1. The Bertz CT molecular complexity index is 1430. The molecule has 37 heavy (non-hydrogen) atoms. The first-order valence-electron chi connectivity index (χ1n) is 13.0. The summed E-state index contributed by atoms with van der Waals surface area (Å²) in [6.45, 7) is 12.9. The summed E-state index contributed by atoms with van der Waals surface area (Å²) >= 11 is 3.58. The largest absolute Gasteiger partial charge is 0.336 e. The number of aryl methyl sites for hydroxylation is 1. The zero-order valence-corrected chi connectivity index (χ0v) is 23.7. The van der Waals surface area contributed by atoms with Crippen LogP contribution in [0.3, 0.4) is 0 Å². The van der Waals surface area contributed by atoms with Gasteiger partial charge < -0.3 is 4.90 Å². The molecule has 2 heterocycles. The first kappa shape index (κ1) is 25.6. The second-order valence-electron chi connectivity index (χ2n) is 11.1. The van der Waals surface area contributed by atoms with Gasteiger partial charge in [0, 0.05) is 48.1 Å². The summed E-state index contributed by atoms with van der Waals surface area (Å²) in [5.41, 5.74) is 7.43. The van der Waals surface area contributed by atoms with Gasteiger partial charge in [0.2, 0.25) is 0 Å². The predicted octanol–water partition coefficient (Wildman–Crippen LogP) is 7.23. The number of carbonyl (C=O) groups excluding carboxylic acids is 1. The Hall–Kier alpha value is -3.02. The lowest BCUT2D eigenvalue weighted by atomic mass is 9.87. The second kappa shape index (κ2) is 10.4. The van der Waals surface area contributed by atoms with Gasteiger partial charge in [0.05, 0.1) is 16.8 Å². The smallest absolute Gasteiger partial charge is 0.254 e. The van der Waals surface area contributed by atoms with Gasteiger partial charge in [0.25, 0.3) is 5.91 Å². The third-order valence-electron chi connectivity index (χ3n) is 7.20. The maximum atomic E-state index is 13.8. The standard InChI is InChI=1S/C32H34BrN3O/c1-22-6-5-7-24(18-22)30-20-28(27-19-26(33)12-13-29(27)34-30)31(37)36-16-14-35(15-17-36)21-23-8-10-25(11-9-23)32(2,3)4/h5-13,18-20H,14-17,21H2,1-4H3. The van der Waals surface area contributed by atoms with E-state index in [1.165, 1.54) is 16.7 Å². The molecule has 5 heteroatoms. The number of hydrogen-bond donors (Lipinski definition) is 0. The van der Waals surface area contributed by atoms with Crippen LogP contribution in [0.15, 0.2) is 77.3 Å². The van der Waals surface area contributed by atoms with Crippen molar-refractivity contribution in [1.82, 2.24) is 14.8 Å². The lowest BCUT2D eigenvalue weighted by Gasteiger charge is -2.35. The van der Waals surface area contributed by atoms with Crippen molar-refractivity contribution in [3.05, 3.63) is 99.5 Å². The van der Waals surface area contributed by atoms with E-state index in [2.05, 4.69) is 91.0 Å². The van der Waals surface area contributed by atoms with Gasteiger partial charge in [0.15, 0.2) is 0 Å². The molecule has 0 saturated carbocycles. The van der Waals surface area contributed by atoms with E-state index in [-0.39, 0.29) is 11.3 Å². The van der Waals surface area contributed by atoms with Gasteiger partial charge in [-0.1, -0.05) is 84.7 Å². The van der Waals surface area contributed by atoms with E-state index in [9.17, 15) is 4.79 Å². The van der Waals surface area contributed by atoms with Crippen LogP contribution >= 0.6 is 15.9 Å². The molecule has 1 aromatic heterocycles. The summed E-state index contributed by atoms with van der Waals surface area (Å²) in [6.07, 6.45) is 0. The monoisotopic (exact) mass is 555 g/mol. The number of rotatable bonds is 4. The van der Waals surface area contributed by atoms with E-state index in [0.717, 1.165) is 59.4 Å². The summed E-state index contributed by atoms with van der Waals surface area (Å²) in [4.78, 5) is 23.2. The van der Waals surface area contributed by atoms with E-state index in [0.29, 0.717) is 5.56 Å². The number of nitrogens with zero attached hydrogens (tertiary/aromatic N) is 3. The van der Waals surface area contributed by atoms with Crippen molar-refractivity contribution >= 4 is 32.7 Å². The van der Waals surface area contributed by atoms with Crippen LogP contribution in [-0.2, 0) is 12.0 Å². The first-order valence-corrected chi connectivity index (χ1v) is 13.7. The topological polar surface area (TPSA) is 36.4 Å². The highest BCUT2D eigenvalue weighted by Crippen LogP contribution is 2.29. The molecular formula is C32H34BrN3O. The van der Waals surface area contributed by atoms with Crippen LogP contribution in [0.1, 0.15) is 47.8 Å². The predicted molar refractivity (Wildman–Crippen MR) is 156 cm³/mol. The number of amides is 1. The van der Waals surface area contributed by atoms with Crippen LogP contribution in [0.4, 0.5) is 0 Å². The number of hydrogen-bond acceptors (Lipinski definition) is 3. The summed E-state index contributed by atoms with van der Waals surface area (Å²) < 4.78 is 0.946. The first-order chi connectivity index (χ1) is 17.7. The van der Waals surface area contributed by atoms with Gasteiger partial charge in [-0.3, -0.25) is 9.69 Å². The molecule has 1 amide bonds. The van der Waals surface area contributed by atoms with E-state index in [1.807, 2.05) is 35.2 Å². The molecule has 1 saturated heterocycles. The molecule has 3 aromatic carbocycles. The normalized spacial score (nSPS) is 14.8. The van der Waals surface area contributed by atoms with E-state index >= 15 is 0 Å². The minimum Gasteiger partial charge on any atom is -0.336 e. The number of piperazine rings is 1. The van der Waals surface area contributed by atoms with Crippen LogP contribution in [0.2, 0.25) is 0 Å². The van der Waals surface area contributed by atoms with Gasteiger partial charge in [-0.15, -0.1) is 0 Å². The summed E-state index contributed by atoms with van der Waals surface area (Å²) in [5.74, 6) is 0.0774. The van der Waals surface area contributed by atoms with Crippen molar-refractivity contribution in [2.24, 2.45) is 0 Å². The summed E-state index contributed by atoms with van der Waals surface area (Å²) in [5, 5.41) is 0.886. The number of carbonyl (C=O) groups is 1. The molecule has 190 valence electrons. The Labute approximate surface area is 228 Å². The quantitative estimate of drug-likeness (QED) is 0.266. The molecule has 4 nitrogen and oxygen atoms in total. The highest BCUT2D eigenvalue weighted by atomic mass is 79.9. The van der Waals surface area contributed by atoms with Gasteiger partial charge in [-0.25, -0.2) is 4.98 Å². The Balaban J connectivity index is 1.34. The molecule has 0 unspecified atom stereocenters. The molecule has 1 fully saturated rings. The van der Waals surface area contributed by atoms with Crippen LogP contribution < -0.4 is 0 Å². The summed E-state index contributed by atoms with van der Waals surface area (Å²) in [6, 6.07) is 25.2. The van der Waals surface area contributed by atoms with Crippen molar-refractivity contribution in [3.8, 4) is 11.3 Å². The van der Waals surface area contributed by atoms with Crippen molar-refractivity contribution in [3.63, 3.8) is 0 Å².